The number of hydrogen-bond donors (Lipinski definition) is 0. The number of benzene rings is 1. The van der Waals surface area contributed by atoms with Gasteiger partial charge in [0.25, 0.3) is 0 Å². The molecule has 1 fully saturated rings. The van der Waals surface area contributed by atoms with Crippen molar-refractivity contribution in [2.75, 3.05) is 13.1 Å². The van der Waals surface area contributed by atoms with Crippen LogP contribution < -0.4 is 0 Å². The highest BCUT2D eigenvalue weighted by Gasteiger charge is 2.20. The van der Waals surface area contributed by atoms with Crippen LogP contribution in [0.25, 0.3) is 6.08 Å². The summed E-state index contributed by atoms with van der Waals surface area (Å²) in [4.78, 5) is 2.68. The first-order valence-electron chi connectivity index (χ1n) is 8.92. The lowest BCUT2D eigenvalue weighted by molar-refractivity contribution is 0.157. The molecule has 0 aromatic heterocycles. The molecule has 1 aromatic rings. The number of likely N-dealkylation sites (tertiary alicyclic amines) is 1. The van der Waals surface area contributed by atoms with E-state index in [1.807, 2.05) is 0 Å². The zero-order chi connectivity index (χ0) is 16.2. The van der Waals surface area contributed by atoms with Gasteiger partial charge in [-0.15, -0.1) is 0 Å². The van der Waals surface area contributed by atoms with Gasteiger partial charge in [-0.3, -0.25) is 4.90 Å². The Balaban J connectivity index is 2.02. The van der Waals surface area contributed by atoms with Crippen molar-refractivity contribution in [2.24, 2.45) is 0 Å². The molecule has 0 saturated carbocycles. The number of hydrogen-bond acceptors (Lipinski definition) is 1. The van der Waals surface area contributed by atoms with Gasteiger partial charge in [0.05, 0.1) is 0 Å². The highest BCUT2D eigenvalue weighted by molar-refractivity contribution is 5.53. The highest BCUT2D eigenvalue weighted by Crippen LogP contribution is 2.24. The summed E-state index contributed by atoms with van der Waals surface area (Å²) in [6, 6.07) is 9.86. The molecular formula is C21H33N. The molecule has 1 nitrogen and oxygen atoms in total. The molecule has 1 heteroatoms. The van der Waals surface area contributed by atoms with Crippen LogP contribution in [-0.2, 0) is 5.41 Å². The van der Waals surface area contributed by atoms with E-state index in [-0.39, 0.29) is 5.41 Å². The van der Waals surface area contributed by atoms with Crippen LogP contribution in [0.4, 0.5) is 0 Å². The van der Waals surface area contributed by atoms with Crippen molar-refractivity contribution in [3.63, 3.8) is 0 Å². The van der Waals surface area contributed by atoms with Gasteiger partial charge >= 0.3 is 0 Å². The average Bonchev–Trinajstić information content (AvgIpc) is 2.47. The van der Waals surface area contributed by atoms with Gasteiger partial charge in [0, 0.05) is 12.6 Å². The summed E-state index contributed by atoms with van der Waals surface area (Å²) in [5.41, 5.74) is 4.45. The van der Waals surface area contributed by atoms with E-state index < -0.39 is 0 Å². The lowest BCUT2D eigenvalue weighted by Crippen LogP contribution is -2.39. The second-order valence-corrected chi connectivity index (χ2v) is 7.89. The molecule has 0 amide bonds. The summed E-state index contributed by atoms with van der Waals surface area (Å²) in [6.45, 7) is 13.8. The second kappa shape index (κ2) is 7.46. The molecule has 2 rings (SSSR count). The van der Waals surface area contributed by atoms with Crippen LogP contribution in [0.1, 0.15) is 71.4 Å². The van der Waals surface area contributed by atoms with Crippen LogP contribution in [0.3, 0.4) is 0 Å². The van der Waals surface area contributed by atoms with Crippen LogP contribution in [0.15, 0.2) is 29.8 Å². The van der Waals surface area contributed by atoms with Crippen LogP contribution in [0.5, 0.6) is 0 Å². The largest absolute Gasteiger partial charge is 0.296 e. The van der Waals surface area contributed by atoms with Crippen LogP contribution in [-0.4, -0.2) is 24.0 Å². The minimum atomic E-state index is 0.236. The van der Waals surface area contributed by atoms with E-state index in [4.69, 9.17) is 0 Å². The van der Waals surface area contributed by atoms with E-state index in [1.165, 1.54) is 48.9 Å². The number of piperidine rings is 1. The fourth-order valence-corrected chi connectivity index (χ4v) is 3.46. The molecule has 1 heterocycles. The van der Waals surface area contributed by atoms with Gasteiger partial charge in [-0.1, -0.05) is 70.0 Å². The Bertz CT molecular complexity index is 490. The standard InChI is InChI=1S/C21H33N/c1-6-20-9-7-8-14-22(20)16-17(2)15-18-10-12-19(13-11-18)21(3,4)5/h10-13,15,20H,6-9,14,16H2,1-5H3. The van der Waals surface area contributed by atoms with Gasteiger partial charge in [-0.25, -0.2) is 0 Å². The van der Waals surface area contributed by atoms with Gasteiger partial charge in [0.2, 0.25) is 0 Å². The monoisotopic (exact) mass is 299 g/mol. The predicted molar refractivity (Wildman–Crippen MR) is 98.3 cm³/mol. The highest BCUT2D eigenvalue weighted by atomic mass is 15.2. The maximum atomic E-state index is 2.68. The molecular weight excluding hydrogens is 266 g/mol. The molecule has 22 heavy (non-hydrogen) atoms. The van der Waals surface area contributed by atoms with Crippen LogP contribution >= 0.6 is 0 Å². The topological polar surface area (TPSA) is 3.24 Å². The van der Waals surface area contributed by atoms with Crippen molar-refractivity contribution in [1.82, 2.24) is 4.90 Å². The Morgan fingerprint density at radius 3 is 2.45 bits per heavy atom. The Kier molecular flexibility index (Phi) is 5.86. The fraction of sp³-hybridized carbons (Fsp3) is 0.619. The first-order chi connectivity index (χ1) is 10.4. The molecule has 1 aromatic carbocycles. The number of nitrogens with zero attached hydrogens (tertiary/aromatic N) is 1. The lowest BCUT2D eigenvalue weighted by Gasteiger charge is -2.35. The Labute approximate surface area is 137 Å². The van der Waals surface area contributed by atoms with Crippen LogP contribution in [0, 0.1) is 0 Å². The van der Waals surface area contributed by atoms with Gasteiger partial charge in [-0.05, 0) is 49.3 Å². The Hall–Kier alpha value is -1.08. The first kappa shape index (κ1) is 17.3. The molecule has 1 aliphatic heterocycles. The maximum absolute atomic E-state index is 2.68. The zero-order valence-corrected chi connectivity index (χ0v) is 15.2. The molecule has 0 bridgehead atoms. The van der Waals surface area contributed by atoms with Crippen molar-refractivity contribution in [3.8, 4) is 0 Å². The summed E-state index contributed by atoms with van der Waals surface area (Å²) in [6.07, 6.45) is 7.79. The smallest absolute Gasteiger partial charge is 0.0196 e. The van der Waals surface area contributed by atoms with E-state index in [1.54, 1.807) is 0 Å². The molecule has 122 valence electrons. The molecule has 0 spiro atoms. The van der Waals surface area contributed by atoms with E-state index in [0.29, 0.717) is 0 Å². The van der Waals surface area contributed by atoms with Crippen LogP contribution in [0.2, 0.25) is 0 Å². The molecule has 1 atom stereocenters. The SMILES string of the molecule is CCC1CCCCN1CC(C)=Cc1ccc(C(C)(C)C)cc1. The minimum Gasteiger partial charge on any atom is -0.296 e. The van der Waals surface area contributed by atoms with Gasteiger partial charge < -0.3 is 0 Å². The Morgan fingerprint density at radius 2 is 1.86 bits per heavy atom. The van der Waals surface area contributed by atoms with E-state index >= 15 is 0 Å². The maximum Gasteiger partial charge on any atom is 0.0196 e. The number of rotatable bonds is 4. The van der Waals surface area contributed by atoms with E-state index in [2.05, 4.69) is 69.9 Å². The summed E-state index contributed by atoms with van der Waals surface area (Å²) < 4.78 is 0. The van der Waals surface area contributed by atoms with Crippen molar-refractivity contribution in [1.29, 1.82) is 0 Å². The lowest BCUT2D eigenvalue weighted by atomic mass is 9.86. The van der Waals surface area contributed by atoms with Gasteiger partial charge in [0.15, 0.2) is 0 Å². The zero-order valence-electron chi connectivity index (χ0n) is 15.2. The quantitative estimate of drug-likeness (QED) is 0.694. The third-order valence-corrected chi connectivity index (χ3v) is 4.86. The summed E-state index contributed by atoms with van der Waals surface area (Å²) in [5.74, 6) is 0. The molecule has 1 saturated heterocycles. The summed E-state index contributed by atoms with van der Waals surface area (Å²) >= 11 is 0. The predicted octanol–water partition coefficient (Wildman–Crippen LogP) is 5.65. The third-order valence-electron chi connectivity index (χ3n) is 4.86. The molecule has 0 N–H and O–H groups in total. The fourth-order valence-electron chi connectivity index (χ4n) is 3.46. The summed E-state index contributed by atoms with van der Waals surface area (Å²) in [7, 11) is 0. The molecule has 0 radical (unpaired) electrons. The molecule has 1 unspecified atom stereocenters. The van der Waals surface area contributed by atoms with Crippen molar-refractivity contribution >= 4 is 6.08 Å². The van der Waals surface area contributed by atoms with Crippen molar-refractivity contribution < 1.29 is 0 Å². The summed E-state index contributed by atoms with van der Waals surface area (Å²) in [5, 5.41) is 0. The van der Waals surface area contributed by atoms with Gasteiger partial charge in [0.1, 0.15) is 0 Å². The molecule has 0 aliphatic carbocycles. The first-order valence-corrected chi connectivity index (χ1v) is 8.92. The Morgan fingerprint density at radius 1 is 1.18 bits per heavy atom. The third kappa shape index (κ3) is 4.71. The van der Waals surface area contributed by atoms with Gasteiger partial charge in [-0.2, -0.15) is 0 Å². The van der Waals surface area contributed by atoms with E-state index in [9.17, 15) is 0 Å². The van der Waals surface area contributed by atoms with E-state index in [0.717, 1.165) is 12.6 Å². The molecule has 1 aliphatic rings. The second-order valence-electron chi connectivity index (χ2n) is 7.89. The van der Waals surface area contributed by atoms with Crippen molar-refractivity contribution in [3.05, 3.63) is 41.0 Å². The average molecular weight is 300 g/mol. The minimum absolute atomic E-state index is 0.236. The normalized spacial score (nSPS) is 21.1. The van der Waals surface area contributed by atoms with Crippen molar-refractivity contribution in [2.45, 2.75) is 71.8 Å².